The molecule has 5 nitrogen and oxygen atoms in total. The van der Waals surface area contributed by atoms with E-state index in [9.17, 15) is 13.9 Å². The molecule has 1 aliphatic heterocycles. The molecule has 0 aromatic heterocycles. The van der Waals surface area contributed by atoms with Crippen molar-refractivity contribution in [1.82, 2.24) is 4.72 Å². The topological polar surface area (TPSA) is 74.9 Å². The van der Waals surface area contributed by atoms with Gasteiger partial charge in [0.05, 0.1) is 11.4 Å². The van der Waals surface area contributed by atoms with E-state index in [1.54, 1.807) is 48.5 Å². The maximum Gasteiger partial charge on any atom is 0.369 e. The number of anilines is 2. The summed E-state index contributed by atoms with van der Waals surface area (Å²) in [4.78, 5) is 13.7. The summed E-state index contributed by atoms with van der Waals surface area (Å²) >= 11 is 0. The van der Waals surface area contributed by atoms with Crippen LogP contribution in [0.2, 0.25) is 0 Å². The zero-order chi connectivity index (χ0) is 13.5. The second-order valence-electron chi connectivity index (χ2n) is 4.03. The van der Waals surface area contributed by atoms with Gasteiger partial charge in [-0.2, -0.15) is 0 Å². The molecule has 97 valence electrons. The van der Waals surface area contributed by atoms with E-state index in [0.717, 1.165) is 0 Å². The van der Waals surface area contributed by atoms with Crippen LogP contribution in [0.15, 0.2) is 59.5 Å². The molecule has 0 atom stereocenters. The first kappa shape index (κ1) is 12.0. The summed E-state index contributed by atoms with van der Waals surface area (Å²) in [5.74, 6) is 0. The van der Waals surface area contributed by atoms with Crippen molar-refractivity contribution in [3.63, 3.8) is 0 Å². The lowest BCUT2D eigenvalue weighted by molar-refractivity contribution is 0.251. The average molecular weight is 275 g/mol. The molecule has 0 saturated carbocycles. The van der Waals surface area contributed by atoms with Crippen molar-refractivity contribution in [2.24, 2.45) is 0 Å². The fraction of sp³-hybridized carbons (Fsp3) is 0. The van der Waals surface area contributed by atoms with Crippen LogP contribution >= 0.6 is 10.8 Å². The highest BCUT2D eigenvalue weighted by atomic mass is 32.3. The van der Waals surface area contributed by atoms with Gasteiger partial charge in [0.2, 0.25) is 0 Å². The number of urea groups is 1. The second-order valence-corrected chi connectivity index (χ2v) is 5.69. The fourth-order valence-corrected chi connectivity index (χ4v) is 3.10. The number of carbonyl (C=O) groups is 1. The quantitative estimate of drug-likeness (QED) is 0.835. The lowest BCUT2D eigenvalue weighted by Crippen LogP contribution is -2.38. The minimum absolute atomic E-state index is 0.262. The average Bonchev–Trinajstić information content (AvgIpc) is 2.39. The molecule has 2 aromatic rings. The Labute approximate surface area is 112 Å². The van der Waals surface area contributed by atoms with Crippen molar-refractivity contribution in [1.29, 1.82) is 0 Å². The third-order valence-corrected chi connectivity index (χ3v) is 4.16. The lowest BCUT2D eigenvalue weighted by Gasteiger charge is -2.39. The first-order valence-electron chi connectivity index (χ1n) is 5.59. The van der Waals surface area contributed by atoms with Gasteiger partial charge in [-0.05, 0) is 24.3 Å². The first-order chi connectivity index (χ1) is 9.09. The van der Waals surface area contributed by atoms with Crippen LogP contribution < -0.4 is 9.62 Å². The lowest BCUT2D eigenvalue weighted by atomic mass is 10.2. The predicted molar refractivity (Wildman–Crippen MR) is 73.7 cm³/mol. The summed E-state index contributed by atoms with van der Waals surface area (Å²) in [5.41, 5.74) is 1.09. The Morgan fingerprint density at radius 2 is 1.58 bits per heavy atom. The number of hydrogen-bond donors (Lipinski definition) is 2. The van der Waals surface area contributed by atoms with Crippen molar-refractivity contribution in [3.8, 4) is 0 Å². The number of fused-ring (bicyclic) bond motifs is 1. The molecule has 2 aromatic carbocycles. The van der Waals surface area contributed by atoms with Crippen molar-refractivity contribution in [2.45, 2.75) is 4.90 Å². The highest BCUT2D eigenvalue weighted by Crippen LogP contribution is 2.54. The van der Waals surface area contributed by atoms with Crippen LogP contribution in [0.5, 0.6) is 0 Å². The fourth-order valence-electron chi connectivity index (χ4n) is 2.00. The number of carbonyl (C=O) groups excluding carboxylic acids is 1. The van der Waals surface area contributed by atoms with Crippen molar-refractivity contribution in [3.05, 3.63) is 54.6 Å². The summed E-state index contributed by atoms with van der Waals surface area (Å²) in [6.07, 6.45) is 0. The molecule has 2 N–H and O–H groups in total. The van der Waals surface area contributed by atoms with Gasteiger partial charge in [0.25, 0.3) is 0 Å². The molecule has 0 spiro atoms. The van der Waals surface area contributed by atoms with Gasteiger partial charge in [-0.3, -0.25) is 14.0 Å². The molecule has 0 aliphatic carbocycles. The molecular weight excluding hydrogens is 264 g/mol. The Hall–Kier alpha value is -2.02. The van der Waals surface area contributed by atoms with Gasteiger partial charge in [-0.15, -0.1) is 0 Å². The maximum absolute atomic E-state index is 12.0. The SMILES string of the molecule is O=C1[N]S(O)(O)c2ccccc2N1c1ccccc1. The number of amides is 2. The van der Waals surface area contributed by atoms with E-state index in [1.165, 1.54) is 4.90 Å². The zero-order valence-electron chi connectivity index (χ0n) is 9.80. The van der Waals surface area contributed by atoms with E-state index in [2.05, 4.69) is 4.72 Å². The van der Waals surface area contributed by atoms with Crippen LogP contribution in [0.4, 0.5) is 16.2 Å². The molecule has 0 unspecified atom stereocenters. The summed E-state index contributed by atoms with van der Waals surface area (Å²) in [6, 6.07) is 15.0. The van der Waals surface area contributed by atoms with Gasteiger partial charge >= 0.3 is 6.03 Å². The van der Waals surface area contributed by atoms with E-state index in [0.29, 0.717) is 11.4 Å². The summed E-state index contributed by atoms with van der Waals surface area (Å²) in [7, 11) is -3.40. The third kappa shape index (κ3) is 1.95. The van der Waals surface area contributed by atoms with Crippen molar-refractivity contribution in [2.75, 3.05) is 4.90 Å². The molecule has 0 saturated heterocycles. The normalized spacial score (nSPS) is 18.4. The third-order valence-electron chi connectivity index (χ3n) is 2.81. The van der Waals surface area contributed by atoms with Gasteiger partial charge in [0, 0.05) is 0 Å². The van der Waals surface area contributed by atoms with Crippen LogP contribution in [0.3, 0.4) is 0 Å². The van der Waals surface area contributed by atoms with E-state index in [-0.39, 0.29) is 4.90 Å². The number of hydrogen-bond acceptors (Lipinski definition) is 3. The molecule has 3 rings (SSSR count). The Bertz CT molecular complexity index is 631. The largest absolute Gasteiger partial charge is 0.369 e. The standard InChI is InChI=1S/C13H11N2O3S/c16-13-14-19(17,18)12-9-5-4-8-11(12)15(13)10-6-2-1-3-7-10/h1-9,17-18H. The highest BCUT2D eigenvalue weighted by Gasteiger charge is 2.36. The highest BCUT2D eigenvalue weighted by molar-refractivity contribution is 8.23. The van der Waals surface area contributed by atoms with Gasteiger partial charge < -0.3 is 0 Å². The van der Waals surface area contributed by atoms with E-state index in [4.69, 9.17) is 0 Å². The van der Waals surface area contributed by atoms with Crippen LogP contribution in [0.25, 0.3) is 0 Å². The van der Waals surface area contributed by atoms with E-state index < -0.39 is 16.8 Å². The molecule has 2 amide bonds. The van der Waals surface area contributed by atoms with Crippen LogP contribution in [-0.2, 0) is 0 Å². The Balaban J connectivity index is 2.19. The summed E-state index contributed by atoms with van der Waals surface area (Å²) < 4.78 is 23.3. The number of rotatable bonds is 1. The summed E-state index contributed by atoms with van der Waals surface area (Å²) in [5, 5.41) is 0. The van der Waals surface area contributed by atoms with Crippen molar-refractivity contribution < 1.29 is 13.9 Å². The van der Waals surface area contributed by atoms with E-state index in [1.807, 2.05) is 6.07 Å². The molecule has 6 heteroatoms. The predicted octanol–water partition coefficient (Wildman–Crippen LogP) is 3.59. The van der Waals surface area contributed by atoms with Crippen LogP contribution in [-0.4, -0.2) is 15.1 Å². The number of para-hydroxylation sites is 2. The van der Waals surface area contributed by atoms with Crippen molar-refractivity contribution >= 4 is 28.2 Å². The van der Waals surface area contributed by atoms with Gasteiger partial charge in [0.1, 0.15) is 4.90 Å². The van der Waals surface area contributed by atoms with Gasteiger partial charge in [-0.25, -0.2) is 4.79 Å². The Kier molecular flexibility index (Phi) is 2.70. The second kappa shape index (κ2) is 4.27. The van der Waals surface area contributed by atoms with Gasteiger partial charge in [-0.1, -0.05) is 45.8 Å². The van der Waals surface area contributed by atoms with Crippen LogP contribution in [0.1, 0.15) is 0 Å². The molecular formula is C13H11N2O3S. The van der Waals surface area contributed by atoms with Gasteiger partial charge in [0.15, 0.2) is 0 Å². The zero-order valence-corrected chi connectivity index (χ0v) is 10.6. The Morgan fingerprint density at radius 1 is 0.947 bits per heavy atom. The molecule has 1 heterocycles. The molecule has 0 bridgehead atoms. The Morgan fingerprint density at radius 3 is 2.32 bits per heavy atom. The molecule has 1 aliphatic rings. The maximum atomic E-state index is 12.0. The minimum Gasteiger partial charge on any atom is -0.276 e. The summed E-state index contributed by atoms with van der Waals surface area (Å²) in [6.45, 7) is 0. The number of nitrogens with zero attached hydrogens (tertiary/aromatic N) is 2. The number of benzene rings is 2. The molecule has 1 radical (unpaired) electrons. The molecule has 19 heavy (non-hydrogen) atoms. The van der Waals surface area contributed by atoms with Crippen LogP contribution in [0, 0.1) is 0 Å². The smallest absolute Gasteiger partial charge is 0.276 e. The monoisotopic (exact) mass is 275 g/mol. The van der Waals surface area contributed by atoms with E-state index >= 15 is 0 Å². The minimum atomic E-state index is -3.40. The molecule has 0 fully saturated rings. The first-order valence-corrected chi connectivity index (χ1v) is 7.09.